The van der Waals surface area contributed by atoms with Crippen molar-refractivity contribution in [1.29, 1.82) is 0 Å². The minimum absolute atomic E-state index is 0.623. The van der Waals surface area contributed by atoms with Gasteiger partial charge in [-0.3, -0.25) is 0 Å². The van der Waals surface area contributed by atoms with Crippen molar-refractivity contribution in [3.05, 3.63) is 52.5 Å². The van der Waals surface area contributed by atoms with Crippen LogP contribution in [0.1, 0.15) is 24.0 Å². The van der Waals surface area contributed by atoms with Crippen LogP contribution in [0.3, 0.4) is 0 Å². The molecule has 0 aromatic heterocycles. The van der Waals surface area contributed by atoms with Gasteiger partial charge < -0.3 is 14.2 Å². The van der Waals surface area contributed by atoms with E-state index < -0.39 is 0 Å². The van der Waals surface area contributed by atoms with Crippen molar-refractivity contribution in [3.8, 4) is 17.2 Å². The lowest BCUT2D eigenvalue weighted by Crippen LogP contribution is -2.03. The summed E-state index contributed by atoms with van der Waals surface area (Å²) in [5.41, 5.74) is 2.29. The number of aryl methyl sites for hydroxylation is 2. The van der Waals surface area contributed by atoms with Crippen LogP contribution in [0.2, 0.25) is 5.02 Å². The number of unbranched alkanes of at least 4 members (excludes halogenated alkanes) is 1. The van der Waals surface area contributed by atoms with Crippen LogP contribution in [0.25, 0.3) is 0 Å². The Balaban J connectivity index is 1.71. The third-order valence-corrected chi connectivity index (χ3v) is 3.77. The van der Waals surface area contributed by atoms with Crippen LogP contribution in [0, 0.1) is 13.8 Å². The Morgan fingerprint density at radius 1 is 0.783 bits per heavy atom. The number of halogens is 1. The molecule has 2 aromatic rings. The summed E-state index contributed by atoms with van der Waals surface area (Å²) in [6.07, 6.45) is 1.80. The lowest BCUT2D eigenvalue weighted by Gasteiger charge is -2.12. The van der Waals surface area contributed by atoms with Gasteiger partial charge in [-0.15, -0.1) is 0 Å². The van der Waals surface area contributed by atoms with Gasteiger partial charge in [0.2, 0.25) is 0 Å². The molecule has 0 atom stereocenters. The molecule has 0 aliphatic rings. The summed E-state index contributed by atoms with van der Waals surface area (Å²) in [4.78, 5) is 0. The summed E-state index contributed by atoms with van der Waals surface area (Å²) in [5, 5.41) is 0.649. The second kappa shape index (κ2) is 8.68. The maximum absolute atomic E-state index is 6.10. The molecule has 0 saturated carbocycles. The molecule has 0 aliphatic heterocycles. The summed E-state index contributed by atoms with van der Waals surface area (Å²) in [6.45, 7) is 5.30. The molecular weight excluding hydrogens is 312 g/mol. The van der Waals surface area contributed by atoms with Gasteiger partial charge in [0.15, 0.2) is 11.5 Å². The van der Waals surface area contributed by atoms with E-state index in [1.54, 1.807) is 7.11 Å². The van der Waals surface area contributed by atoms with Crippen molar-refractivity contribution in [3.63, 3.8) is 0 Å². The standard InChI is InChI=1S/C19H23ClO3/c1-14-6-8-16(20)18(12-14)23-11-5-4-10-22-17-9-7-15(2)13-19(17)21-3/h6-9,12-13H,4-5,10-11H2,1-3H3. The molecule has 0 unspecified atom stereocenters. The van der Waals surface area contributed by atoms with Crippen LogP contribution < -0.4 is 14.2 Å². The normalized spacial score (nSPS) is 10.4. The van der Waals surface area contributed by atoms with E-state index in [1.165, 1.54) is 0 Å². The smallest absolute Gasteiger partial charge is 0.161 e. The van der Waals surface area contributed by atoms with Gasteiger partial charge in [-0.05, 0) is 62.1 Å². The Labute approximate surface area is 143 Å². The minimum Gasteiger partial charge on any atom is -0.493 e. The van der Waals surface area contributed by atoms with Crippen LogP contribution in [0.15, 0.2) is 36.4 Å². The maximum atomic E-state index is 6.10. The third kappa shape index (κ3) is 5.36. The highest BCUT2D eigenvalue weighted by molar-refractivity contribution is 6.32. The van der Waals surface area contributed by atoms with E-state index in [-0.39, 0.29) is 0 Å². The summed E-state index contributed by atoms with van der Waals surface area (Å²) >= 11 is 6.10. The third-order valence-electron chi connectivity index (χ3n) is 3.46. The van der Waals surface area contributed by atoms with Crippen molar-refractivity contribution in [1.82, 2.24) is 0 Å². The largest absolute Gasteiger partial charge is 0.493 e. The van der Waals surface area contributed by atoms with E-state index in [0.29, 0.717) is 18.2 Å². The SMILES string of the molecule is COc1cc(C)ccc1OCCCCOc1cc(C)ccc1Cl. The molecule has 3 nitrogen and oxygen atoms in total. The quantitative estimate of drug-likeness (QED) is 0.621. The summed E-state index contributed by atoms with van der Waals surface area (Å²) in [5.74, 6) is 2.29. The molecule has 2 aromatic carbocycles. The van der Waals surface area contributed by atoms with Crippen molar-refractivity contribution in [2.24, 2.45) is 0 Å². The number of rotatable bonds is 8. The lowest BCUT2D eigenvalue weighted by atomic mass is 10.2. The highest BCUT2D eigenvalue weighted by Gasteiger charge is 2.04. The van der Waals surface area contributed by atoms with Crippen molar-refractivity contribution < 1.29 is 14.2 Å². The fraction of sp³-hybridized carbons (Fsp3) is 0.368. The van der Waals surface area contributed by atoms with Crippen molar-refractivity contribution >= 4 is 11.6 Å². The van der Waals surface area contributed by atoms with Gasteiger partial charge >= 0.3 is 0 Å². The van der Waals surface area contributed by atoms with Gasteiger partial charge in [0, 0.05) is 0 Å². The van der Waals surface area contributed by atoms with Crippen LogP contribution in [0.5, 0.6) is 17.2 Å². The summed E-state index contributed by atoms with van der Waals surface area (Å²) in [6, 6.07) is 11.7. The number of benzene rings is 2. The van der Waals surface area contributed by atoms with Crippen LogP contribution in [0.4, 0.5) is 0 Å². The Morgan fingerprint density at radius 3 is 2.00 bits per heavy atom. The van der Waals surface area contributed by atoms with Crippen LogP contribution in [-0.4, -0.2) is 20.3 Å². The predicted molar refractivity (Wildman–Crippen MR) is 94.1 cm³/mol. The van der Waals surface area contributed by atoms with Crippen LogP contribution >= 0.6 is 11.6 Å². The monoisotopic (exact) mass is 334 g/mol. The van der Waals surface area contributed by atoms with Gasteiger partial charge in [0.05, 0.1) is 25.3 Å². The van der Waals surface area contributed by atoms with Gasteiger partial charge in [-0.2, -0.15) is 0 Å². The molecule has 124 valence electrons. The molecule has 0 fully saturated rings. The van der Waals surface area contributed by atoms with Gasteiger partial charge in [-0.1, -0.05) is 23.7 Å². The number of hydrogen-bond acceptors (Lipinski definition) is 3. The average molecular weight is 335 g/mol. The fourth-order valence-corrected chi connectivity index (χ4v) is 2.36. The summed E-state index contributed by atoms with van der Waals surface area (Å²) < 4.78 is 16.8. The van der Waals surface area contributed by atoms with E-state index in [2.05, 4.69) is 0 Å². The molecular formula is C19H23ClO3. The molecule has 0 aliphatic carbocycles. The van der Waals surface area contributed by atoms with Crippen molar-refractivity contribution in [2.75, 3.05) is 20.3 Å². The molecule has 0 bridgehead atoms. The molecule has 4 heteroatoms. The maximum Gasteiger partial charge on any atom is 0.161 e. The molecule has 23 heavy (non-hydrogen) atoms. The summed E-state index contributed by atoms with van der Waals surface area (Å²) in [7, 11) is 1.65. The minimum atomic E-state index is 0.623. The first-order valence-electron chi connectivity index (χ1n) is 7.76. The first-order chi connectivity index (χ1) is 11.1. The molecule has 0 radical (unpaired) electrons. The van der Waals surface area contributed by atoms with E-state index in [4.69, 9.17) is 25.8 Å². The molecule has 2 rings (SSSR count). The zero-order chi connectivity index (χ0) is 16.7. The van der Waals surface area contributed by atoms with Gasteiger partial charge in [0.1, 0.15) is 5.75 Å². The number of ether oxygens (including phenoxy) is 3. The van der Waals surface area contributed by atoms with E-state index in [0.717, 1.165) is 41.2 Å². The van der Waals surface area contributed by atoms with Gasteiger partial charge in [-0.25, -0.2) is 0 Å². The highest BCUT2D eigenvalue weighted by atomic mass is 35.5. The average Bonchev–Trinajstić information content (AvgIpc) is 2.54. The highest BCUT2D eigenvalue weighted by Crippen LogP contribution is 2.28. The van der Waals surface area contributed by atoms with E-state index >= 15 is 0 Å². The second-order valence-electron chi connectivity index (χ2n) is 5.49. The first-order valence-corrected chi connectivity index (χ1v) is 8.14. The van der Waals surface area contributed by atoms with Crippen molar-refractivity contribution in [2.45, 2.75) is 26.7 Å². The predicted octanol–water partition coefficient (Wildman–Crippen LogP) is 5.20. The lowest BCUT2D eigenvalue weighted by molar-refractivity contribution is 0.258. The van der Waals surface area contributed by atoms with E-state index in [1.807, 2.05) is 50.2 Å². The number of methoxy groups -OCH3 is 1. The molecule has 0 amide bonds. The molecule has 0 N–H and O–H groups in total. The van der Waals surface area contributed by atoms with Gasteiger partial charge in [0.25, 0.3) is 0 Å². The Kier molecular flexibility index (Phi) is 6.60. The Bertz CT molecular complexity index is 641. The molecule has 0 heterocycles. The Hall–Kier alpha value is -1.87. The van der Waals surface area contributed by atoms with Crippen LogP contribution in [-0.2, 0) is 0 Å². The van der Waals surface area contributed by atoms with E-state index in [9.17, 15) is 0 Å². The Morgan fingerprint density at radius 2 is 1.35 bits per heavy atom. The zero-order valence-electron chi connectivity index (χ0n) is 13.9. The number of hydrogen-bond donors (Lipinski definition) is 0. The fourth-order valence-electron chi connectivity index (χ4n) is 2.18. The molecule has 0 spiro atoms. The topological polar surface area (TPSA) is 27.7 Å². The molecule has 0 saturated heterocycles. The second-order valence-corrected chi connectivity index (χ2v) is 5.90. The first kappa shape index (κ1) is 17.5. The zero-order valence-corrected chi connectivity index (χ0v) is 14.7.